The molecule has 0 saturated carbocycles. The smallest absolute Gasteiger partial charge is 0.312 e. The minimum absolute atomic E-state index is 0.0489. The number of amides is 2. The van der Waals surface area contributed by atoms with Crippen molar-refractivity contribution in [2.45, 2.75) is 39.0 Å². The lowest BCUT2D eigenvalue weighted by molar-refractivity contribution is -0.385. The molecule has 0 unspecified atom stereocenters. The van der Waals surface area contributed by atoms with Gasteiger partial charge in [-0.3, -0.25) is 29.8 Å². The van der Waals surface area contributed by atoms with E-state index in [9.17, 15) is 29.8 Å². The van der Waals surface area contributed by atoms with Crippen LogP contribution in [-0.2, 0) is 22.7 Å². The molecule has 0 spiro atoms. The van der Waals surface area contributed by atoms with Crippen molar-refractivity contribution in [1.82, 2.24) is 9.80 Å². The van der Waals surface area contributed by atoms with E-state index in [0.717, 1.165) is 11.1 Å². The Balaban J connectivity index is 1.73. The molecule has 0 bridgehead atoms. The molecular weight excluding hydrogens is 536 g/mol. The minimum atomic E-state index is -0.800. The molecule has 2 amide bonds. The third kappa shape index (κ3) is 7.03. The molecule has 2 atom stereocenters. The molecule has 4 aromatic carbocycles. The molecular formula is C32H30N4O6. The summed E-state index contributed by atoms with van der Waals surface area (Å²) in [5.74, 6) is -1.60. The van der Waals surface area contributed by atoms with Gasteiger partial charge in [0.2, 0.25) is 0 Å². The van der Waals surface area contributed by atoms with E-state index >= 15 is 0 Å². The van der Waals surface area contributed by atoms with Crippen LogP contribution in [0.3, 0.4) is 0 Å². The van der Waals surface area contributed by atoms with Crippen molar-refractivity contribution in [1.29, 1.82) is 0 Å². The highest BCUT2D eigenvalue weighted by Crippen LogP contribution is 2.28. The normalized spacial score (nSPS) is 12.1. The van der Waals surface area contributed by atoms with Gasteiger partial charge in [0.05, 0.1) is 21.9 Å². The van der Waals surface area contributed by atoms with Crippen molar-refractivity contribution in [2.24, 2.45) is 0 Å². The van der Waals surface area contributed by atoms with Gasteiger partial charge < -0.3 is 9.80 Å². The number of hydrogen-bond acceptors (Lipinski definition) is 6. The summed E-state index contributed by atoms with van der Waals surface area (Å²) in [6.07, 6.45) is 0. The summed E-state index contributed by atoms with van der Waals surface area (Å²) in [5, 5.41) is 22.8. The number of benzene rings is 4. The topological polar surface area (TPSA) is 127 Å². The van der Waals surface area contributed by atoms with E-state index in [1.165, 1.54) is 46.2 Å². The highest BCUT2D eigenvalue weighted by atomic mass is 16.6. The fourth-order valence-electron chi connectivity index (χ4n) is 4.77. The Labute approximate surface area is 243 Å². The van der Waals surface area contributed by atoms with Gasteiger partial charge in [-0.1, -0.05) is 84.9 Å². The van der Waals surface area contributed by atoms with E-state index in [2.05, 4.69) is 0 Å². The highest BCUT2D eigenvalue weighted by Gasteiger charge is 2.34. The van der Waals surface area contributed by atoms with E-state index in [-0.39, 0.29) is 24.5 Å². The van der Waals surface area contributed by atoms with Gasteiger partial charge in [0.15, 0.2) is 0 Å². The molecule has 4 rings (SSSR count). The molecule has 42 heavy (non-hydrogen) atoms. The van der Waals surface area contributed by atoms with Crippen LogP contribution in [0.2, 0.25) is 0 Å². The average molecular weight is 567 g/mol. The van der Waals surface area contributed by atoms with Crippen LogP contribution in [0, 0.1) is 20.2 Å². The molecule has 0 aliphatic carbocycles. The zero-order chi connectivity index (χ0) is 30.2. The van der Waals surface area contributed by atoms with E-state index in [0.29, 0.717) is 11.1 Å². The Kier molecular flexibility index (Phi) is 9.39. The Bertz CT molecular complexity index is 1460. The summed E-state index contributed by atoms with van der Waals surface area (Å²) in [7, 11) is 0. The van der Waals surface area contributed by atoms with Crippen LogP contribution in [0.25, 0.3) is 0 Å². The predicted octanol–water partition coefficient (Wildman–Crippen LogP) is 6.38. The molecule has 0 N–H and O–H groups in total. The standard InChI is InChI=1S/C32H30N4O6/c1-23(27-13-5-3-6-14-27)33(21-25-11-9-17-29(19-25)35(39)40)31(37)32(38)34(24(2)28-15-7-4-8-16-28)22-26-12-10-18-30(20-26)36(41)42/h3-20,23-24H,21-22H2,1-2H3/t23-,24-/m0/s1. The molecule has 0 fully saturated rings. The van der Waals surface area contributed by atoms with Gasteiger partial charge in [-0.15, -0.1) is 0 Å². The molecule has 0 aromatic heterocycles. The first-order valence-corrected chi connectivity index (χ1v) is 13.3. The zero-order valence-electron chi connectivity index (χ0n) is 23.2. The van der Waals surface area contributed by atoms with Gasteiger partial charge in [0.1, 0.15) is 0 Å². The number of hydrogen-bond donors (Lipinski definition) is 0. The van der Waals surface area contributed by atoms with E-state index < -0.39 is 33.7 Å². The summed E-state index contributed by atoms with van der Waals surface area (Å²) in [6, 6.07) is 29.2. The Hall–Kier alpha value is -5.38. The third-order valence-electron chi connectivity index (χ3n) is 7.15. The molecule has 0 radical (unpaired) electrons. The molecule has 10 nitrogen and oxygen atoms in total. The van der Waals surface area contributed by atoms with Crippen molar-refractivity contribution < 1.29 is 19.4 Å². The average Bonchev–Trinajstić information content (AvgIpc) is 3.02. The number of carbonyl (C=O) groups is 2. The van der Waals surface area contributed by atoms with Crippen LogP contribution in [0.5, 0.6) is 0 Å². The van der Waals surface area contributed by atoms with Gasteiger partial charge in [-0.25, -0.2) is 0 Å². The van der Waals surface area contributed by atoms with Crippen LogP contribution in [0.15, 0.2) is 109 Å². The van der Waals surface area contributed by atoms with Crippen LogP contribution in [0.1, 0.15) is 48.2 Å². The lowest BCUT2D eigenvalue weighted by atomic mass is 10.0. The van der Waals surface area contributed by atoms with E-state index in [1.807, 2.05) is 60.7 Å². The second kappa shape index (κ2) is 13.3. The third-order valence-corrected chi connectivity index (χ3v) is 7.15. The number of nitro benzene ring substituents is 2. The first-order chi connectivity index (χ1) is 20.2. The molecule has 0 aliphatic heterocycles. The highest BCUT2D eigenvalue weighted by molar-refractivity contribution is 6.35. The zero-order valence-corrected chi connectivity index (χ0v) is 23.2. The van der Waals surface area contributed by atoms with E-state index in [1.54, 1.807) is 26.0 Å². The quantitative estimate of drug-likeness (QED) is 0.124. The Morgan fingerprint density at radius 2 is 0.952 bits per heavy atom. The number of rotatable bonds is 10. The van der Waals surface area contributed by atoms with Crippen molar-refractivity contribution >= 4 is 23.2 Å². The summed E-state index contributed by atoms with van der Waals surface area (Å²) in [6.45, 7) is 3.49. The fourth-order valence-corrected chi connectivity index (χ4v) is 4.77. The first kappa shape index (κ1) is 29.6. The molecule has 4 aromatic rings. The van der Waals surface area contributed by atoms with Gasteiger partial charge in [-0.05, 0) is 36.1 Å². The second-order valence-corrected chi connectivity index (χ2v) is 9.89. The van der Waals surface area contributed by atoms with Crippen molar-refractivity contribution in [2.75, 3.05) is 0 Å². The van der Waals surface area contributed by atoms with Crippen molar-refractivity contribution in [3.05, 3.63) is 152 Å². The van der Waals surface area contributed by atoms with Crippen LogP contribution in [-0.4, -0.2) is 31.5 Å². The van der Waals surface area contributed by atoms with Gasteiger partial charge >= 0.3 is 11.8 Å². The number of nitro groups is 2. The van der Waals surface area contributed by atoms with Gasteiger partial charge in [0.25, 0.3) is 11.4 Å². The predicted molar refractivity (Wildman–Crippen MR) is 157 cm³/mol. The maximum atomic E-state index is 14.1. The molecule has 10 heteroatoms. The first-order valence-electron chi connectivity index (χ1n) is 13.3. The largest absolute Gasteiger partial charge is 0.323 e. The summed E-state index contributed by atoms with van der Waals surface area (Å²) in [5.41, 5.74) is 2.31. The van der Waals surface area contributed by atoms with Crippen LogP contribution < -0.4 is 0 Å². The summed E-state index contributed by atoms with van der Waals surface area (Å²) in [4.78, 5) is 52.8. The Morgan fingerprint density at radius 3 is 1.29 bits per heavy atom. The van der Waals surface area contributed by atoms with Crippen molar-refractivity contribution in [3.63, 3.8) is 0 Å². The number of non-ortho nitro benzene ring substituents is 2. The molecule has 0 heterocycles. The maximum Gasteiger partial charge on any atom is 0.312 e. The monoisotopic (exact) mass is 566 g/mol. The van der Waals surface area contributed by atoms with Crippen molar-refractivity contribution in [3.8, 4) is 0 Å². The van der Waals surface area contributed by atoms with E-state index in [4.69, 9.17) is 0 Å². The van der Waals surface area contributed by atoms with Crippen LogP contribution >= 0.6 is 0 Å². The summed E-state index contributed by atoms with van der Waals surface area (Å²) >= 11 is 0. The number of nitrogens with zero attached hydrogens (tertiary/aromatic N) is 4. The maximum absolute atomic E-state index is 14.1. The number of carbonyl (C=O) groups excluding carboxylic acids is 2. The molecule has 214 valence electrons. The van der Waals surface area contributed by atoms with Gasteiger partial charge in [0, 0.05) is 37.4 Å². The Morgan fingerprint density at radius 1 is 0.595 bits per heavy atom. The fraction of sp³-hybridized carbons (Fsp3) is 0.188. The molecule has 0 saturated heterocycles. The molecule has 0 aliphatic rings. The second-order valence-electron chi connectivity index (χ2n) is 9.89. The lowest BCUT2D eigenvalue weighted by Gasteiger charge is -2.34. The minimum Gasteiger partial charge on any atom is -0.323 e. The van der Waals surface area contributed by atoms with Crippen LogP contribution in [0.4, 0.5) is 11.4 Å². The van der Waals surface area contributed by atoms with Gasteiger partial charge in [-0.2, -0.15) is 0 Å². The summed E-state index contributed by atoms with van der Waals surface area (Å²) < 4.78 is 0. The SMILES string of the molecule is C[C@@H](c1ccccc1)N(Cc1cccc([N+](=O)[O-])c1)C(=O)C(=O)N(Cc1cccc([N+](=O)[O-])c1)[C@@H](C)c1ccccc1. The lowest BCUT2D eigenvalue weighted by Crippen LogP contribution is -2.46.